The summed E-state index contributed by atoms with van der Waals surface area (Å²) >= 11 is 0. The lowest BCUT2D eigenvalue weighted by Crippen LogP contribution is -1.99. The molecular weight excluding hydrogens is 519 g/mol. The first-order valence-electron chi connectivity index (χ1n) is 17.0. The van der Waals surface area contributed by atoms with Crippen LogP contribution >= 0.6 is 7.82 Å². The number of benzene rings is 1. The van der Waals surface area contributed by atoms with E-state index < -0.39 is 7.82 Å². The molecule has 0 aromatic heterocycles. The van der Waals surface area contributed by atoms with E-state index in [1.165, 1.54) is 141 Å². The maximum absolute atomic E-state index is 11.4. The Morgan fingerprint density at radius 3 is 1.27 bits per heavy atom. The molecule has 0 heterocycles. The van der Waals surface area contributed by atoms with Crippen LogP contribution in [0.25, 0.3) is 0 Å². The van der Waals surface area contributed by atoms with Crippen LogP contribution in [-0.2, 0) is 17.4 Å². The topological polar surface area (TPSA) is 87.0 Å². The minimum absolute atomic E-state index is 0.0946. The Balaban J connectivity index is 2.37. The third-order valence-corrected chi connectivity index (χ3v) is 8.57. The summed E-state index contributed by atoms with van der Waals surface area (Å²) in [7, 11) is -4.72. The van der Waals surface area contributed by atoms with Crippen molar-refractivity contribution in [3.63, 3.8) is 0 Å². The summed E-state index contributed by atoms with van der Waals surface area (Å²) in [5.41, 5.74) is 1.90. The minimum Gasteiger partial charge on any atom is -0.504 e. The second-order valence-electron chi connectivity index (χ2n) is 11.9. The van der Waals surface area contributed by atoms with Gasteiger partial charge in [0.25, 0.3) is 0 Å². The van der Waals surface area contributed by atoms with E-state index in [1.54, 1.807) is 0 Å². The molecule has 0 unspecified atom stereocenters. The van der Waals surface area contributed by atoms with Gasteiger partial charge in [-0.1, -0.05) is 161 Å². The lowest BCUT2D eigenvalue weighted by Gasteiger charge is -2.16. The van der Waals surface area contributed by atoms with Gasteiger partial charge in [-0.3, -0.25) is 9.79 Å². The zero-order valence-electron chi connectivity index (χ0n) is 26.1. The molecule has 3 N–H and O–H groups in total. The number of unbranched alkanes of at least 4 members (excludes halogenated alkanes) is 22. The van der Waals surface area contributed by atoms with E-state index in [0.29, 0.717) is 0 Å². The number of hydrogen-bond donors (Lipinski definition) is 3. The first kappa shape index (κ1) is 37.0. The summed E-state index contributed by atoms with van der Waals surface area (Å²) in [5, 5.41) is 10.8. The van der Waals surface area contributed by atoms with Crippen molar-refractivity contribution in [2.24, 2.45) is 0 Å². The van der Waals surface area contributed by atoms with Gasteiger partial charge < -0.3 is 9.63 Å². The first-order chi connectivity index (χ1) is 19.4. The fraction of sp³-hybridized carbons (Fsp3) is 0.824. The maximum atomic E-state index is 11.4. The van der Waals surface area contributed by atoms with E-state index in [2.05, 4.69) is 13.8 Å². The summed E-state index contributed by atoms with van der Waals surface area (Å²) in [5.74, 6) is -0.205. The Hall–Kier alpha value is -1.03. The summed E-state index contributed by atoms with van der Waals surface area (Å²) < 4.78 is 16.2. The highest BCUT2D eigenvalue weighted by Gasteiger charge is 2.21. The second-order valence-corrected chi connectivity index (χ2v) is 13.1. The van der Waals surface area contributed by atoms with Crippen molar-refractivity contribution in [2.45, 2.75) is 181 Å². The Morgan fingerprint density at radius 2 is 0.900 bits per heavy atom. The highest BCUT2D eigenvalue weighted by atomic mass is 31.2. The molecule has 1 rings (SSSR count). The molecule has 0 fully saturated rings. The van der Waals surface area contributed by atoms with E-state index in [-0.39, 0.29) is 11.5 Å². The van der Waals surface area contributed by atoms with E-state index in [1.807, 2.05) is 6.07 Å². The van der Waals surface area contributed by atoms with Crippen LogP contribution in [0.1, 0.15) is 179 Å². The molecular formula is C34H63O5P. The van der Waals surface area contributed by atoms with Gasteiger partial charge in [0.05, 0.1) is 0 Å². The van der Waals surface area contributed by atoms with Crippen molar-refractivity contribution in [2.75, 3.05) is 0 Å². The second kappa shape index (κ2) is 24.6. The van der Waals surface area contributed by atoms with Crippen molar-refractivity contribution >= 4 is 7.82 Å². The van der Waals surface area contributed by atoms with Crippen LogP contribution < -0.4 is 4.52 Å². The molecule has 1 aromatic carbocycles. The molecule has 0 atom stereocenters. The molecule has 5 nitrogen and oxygen atoms in total. The van der Waals surface area contributed by atoms with E-state index in [4.69, 9.17) is 4.52 Å². The minimum atomic E-state index is -4.72. The Labute approximate surface area is 247 Å². The molecule has 6 heteroatoms. The van der Waals surface area contributed by atoms with Gasteiger partial charge >= 0.3 is 7.82 Å². The van der Waals surface area contributed by atoms with Gasteiger partial charge in [-0.2, -0.15) is 0 Å². The molecule has 234 valence electrons. The average Bonchev–Trinajstić information content (AvgIpc) is 2.91. The quantitative estimate of drug-likeness (QED) is 0.0675. The van der Waals surface area contributed by atoms with Crippen LogP contribution in [0.2, 0.25) is 0 Å². The largest absolute Gasteiger partial charge is 0.524 e. The van der Waals surface area contributed by atoms with Crippen LogP contribution in [-0.4, -0.2) is 14.9 Å². The normalized spacial score (nSPS) is 11.8. The monoisotopic (exact) mass is 582 g/mol. The summed E-state index contributed by atoms with van der Waals surface area (Å²) in [6, 6.07) is 3.40. The zero-order valence-corrected chi connectivity index (χ0v) is 27.0. The summed E-state index contributed by atoms with van der Waals surface area (Å²) in [6.07, 6.45) is 32.6. The fourth-order valence-corrected chi connectivity index (χ4v) is 6.07. The molecule has 1 aromatic rings. The first-order valence-corrected chi connectivity index (χ1v) is 18.5. The van der Waals surface area contributed by atoms with Crippen molar-refractivity contribution in [3.05, 3.63) is 23.3 Å². The van der Waals surface area contributed by atoms with Crippen LogP contribution in [0.5, 0.6) is 11.5 Å². The van der Waals surface area contributed by atoms with Gasteiger partial charge in [-0.05, 0) is 37.3 Å². The van der Waals surface area contributed by atoms with Crippen LogP contribution in [0, 0.1) is 0 Å². The van der Waals surface area contributed by atoms with Crippen molar-refractivity contribution < 1.29 is 24.0 Å². The van der Waals surface area contributed by atoms with Crippen LogP contribution in [0.3, 0.4) is 0 Å². The number of aryl methyl sites for hydroxylation is 1. The lowest BCUT2D eigenvalue weighted by atomic mass is 9.95. The maximum Gasteiger partial charge on any atom is 0.524 e. The summed E-state index contributed by atoms with van der Waals surface area (Å²) in [4.78, 5) is 18.5. The van der Waals surface area contributed by atoms with Gasteiger partial charge in [0, 0.05) is 5.56 Å². The van der Waals surface area contributed by atoms with Crippen LogP contribution in [0.4, 0.5) is 0 Å². The number of phenols is 1. The third-order valence-electron chi connectivity index (χ3n) is 8.14. The highest BCUT2D eigenvalue weighted by Crippen LogP contribution is 2.44. The molecule has 0 aliphatic rings. The van der Waals surface area contributed by atoms with Crippen molar-refractivity contribution in [3.8, 4) is 11.5 Å². The SMILES string of the molecule is CCCCCCCCCCCCCCc1ccc(OP(=O)(O)O)c(O)c1CCCCCCCCCCCCCC. The number of rotatable bonds is 28. The van der Waals surface area contributed by atoms with Crippen molar-refractivity contribution in [1.82, 2.24) is 0 Å². The van der Waals surface area contributed by atoms with Gasteiger partial charge in [0.2, 0.25) is 0 Å². The highest BCUT2D eigenvalue weighted by molar-refractivity contribution is 7.46. The van der Waals surface area contributed by atoms with Crippen molar-refractivity contribution in [1.29, 1.82) is 0 Å². The lowest BCUT2D eigenvalue weighted by molar-refractivity contribution is 0.277. The molecule has 40 heavy (non-hydrogen) atoms. The molecule has 0 spiro atoms. The molecule has 0 radical (unpaired) electrons. The third kappa shape index (κ3) is 19.9. The Bertz CT molecular complexity index is 776. The number of phenolic OH excluding ortho intramolecular Hbond substituents is 1. The fourth-order valence-electron chi connectivity index (χ4n) is 5.67. The van der Waals surface area contributed by atoms with Gasteiger partial charge in [-0.15, -0.1) is 0 Å². The predicted molar refractivity (Wildman–Crippen MR) is 170 cm³/mol. The van der Waals surface area contributed by atoms with Gasteiger partial charge in [0.1, 0.15) is 0 Å². The standard InChI is InChI=1S/C34H63O5P/c1-3-5-7-9-11-13-15-17-19-21-23-25-27-31-29-30-33(39-40(36,37)38)34(35)32(31)28-26-24-22-20-18-16-14-12-10-8-6-4-2/h29-30,35H,3-28H2,1-2H3,(H2,36,37,38). The molecule has 0 saturated carbocycles. The number of hydrogen-bond acceptors (Lipinski definition) is 3. The molecule has 0 bridgehead atoms. The predicted octanol–water partition coefficient (Wildman–Crippen LogP) is 11.4. The van der Waals surface area contributed by atoms with E-state index in [9.17, 15) is 19.5 Å². The Morgan fingerprint density at radius 1 is 0.550 bits per heavy atom. The summed E-state index contributed by atoms with van der Waals surface area (Å²) in [6.45, 7) is 4.52. The van der Waals surface area contributed by atoms with E-state index >= 15 is 0 Å². The van der Waals surface area contributed by atoms with E-state index in [0.717, 1.165) is 43.2 Å². The zero-order chi connectivity index (χ0) is 29.3. The van der Waals surface area contributed by atoms with Gasteiger partial charge in [-0.25, -0.2) is 4.57 Å². The molecule has 0 aliphatic carbocycles. The smallest absolute Gasteiger partial charge is 0.504 e. The Kier molecular flexibility index (Phi) is 22.7. The number of phosphoric ester groups is 1. The van der Waals surface area contributed by atoms with Gasteiger partial charge in [0.15, 0.2) is 11.5 Å². The molecule has 0 saturated heterocycles. The molecule has 0 aliphatic heterocycles. The number of phosphoric acid groups is 1. The van der Waals surface area contributed by atoms with Crippen LogP contribution in [0.15, 0.2) is 12.1 Å². The number of aromatic hydroxyl groups is 1. The molecule has 0 amide bonds. The average molecular weight is 583 g/mol.